The average Bonchev–Trinajstić information content (AvgIpc) is 3.20. The van der Waals surface area contributed by atoms with E-state index in [0.717, 1.165) is 6.42 Å². The maximum atomic E-state index is 12.1. The predicted molar refractivity (Wildman–Crippen MR) is 86.8 cm³/mol. The molecule has 2 heterocycles. The van der Waals surface area contributed by atoms with Crippen LogP contribution in [-0.4, -0.2) is 27.9 Å². The summed E-state index contributed by atoms with van der Waals surface area (Å²) in [5.74, 6) is 2.32. The first-order valence-corrected chi connectivity index (χ1v) is 8.91. The molecule has 3 atom stereocenters. The Bertz CT molecular complexity index is 641. The van der Waals surface area contributed by atoms with Crippen molar-refractivity contribution >= 4 is 17.7 Å². The highest BCUT2D eigenvalue weighted by Gasteiger charge is 2.28. The molecule has 6 nitrogen and oxygen atoms in total. The minimum absolute atomic E-state index is 0.0127. The van der Waals surface area contributed by atoms with E-state index in [2.05, 4.69) is 29.4 Å². The van der Waals surface area contributed by atoms with Gasteiger partial charge in [-0.2, -0.15) is 0 Å². The van der Waals surface area contributed by atoms with Crippen molar-refractivity contribution in [3.05, 3.63) is 18.4 Å². The van der Waals surface area contributed by atoms with Crippen molar-refractivity contribution in [1.29, 1.82) is 0 Å². The van der Waals surface area contributed by atoms with Gasteiger partial charge in [0.2, 0.25) is 5.91 Å². The molecule has 0 aliphatic heterocycles. The summed E-state index contributed by atoms with van der Waals surface area (Å²) in [5, 5.41) is 11.3. The number of carbonyl (C=O) groups is 1. The number of amides is 1. The molecule has 124 valence electrons. The number of hydrogen-bond donors (Lipinski definition) is 1. The topological polar surface area (TPSA) is 81.2 Å². The van der Waals surface area contributed by atoms with E-state index in [-0.39, 0.29) is 17.7 Å². The zero-order valence-corrected chi connectivity index (χ0v) is 14.1. The van der Waals surface area contributed by atoms with E-state index in [4.69, 9.17) is 8.83 Å². The molecular weight excluding hydrogens is 314 g/mol. The molecule has 1 saturated carbocycles. The first-order chi connectivity index (χ1) is 11.1. The van der Waals surface area contributed by atoms with Crippen molar-refractivity contribution in [2.45, 2.75) is 44.4 Å². The lowest BCUT2D eigenvalue weighted by Gasteiger charge is -2.34. The maximum Gasteiger partial charge on any atom is 0.284 e. The normalized spacial score (nSPS) is 24.5. The number of carbonyl (C=O) groups excluding carboxylic acids is 1. The molecule has 0 aromatic carbocycles. The largest absolute Gasteiger partial charge is 0.459 e. The van der Waals surface area contributed by atoms with Crippen LogP contribution < -0.4 is 5.32 Å². The molecule has 0 bridgehead atoms. The number of thioether (sulfide) groups is 1. The Morgan fingerprint density at radius 1 is 1.39 bits per heavy atom. The highest BCUT2D eigenvalue weighted by atomic mass is 32.2. The van der Waals surface area contributed by atoms with Gasteiger partial charge in [0.1, 0.15) is 0 Å². The number of nitrogens with zero attached hydrogens (tertiary/aromatic N) is 2. The van der Waals surface area contributed by atoms with E-state index in [1.165, 1.54) is 24.6 Å². The van der Waals surface area contributed by atoms with Gasteiger partial charge in [-0.3, -0.25) is 4.79 Å². The van der Waals surface area contributed by atoms with Crippen molar-refractivity contribution in [3.63, 3.8) is 0 Å². The van der Waals surface area contributed by atoms with Gasteiger partial charge in [-0.25, -0.2) is 0 Å². The molecular formula is C16H21N3O3S. The van der Waals surface area contributed by atoms with Crippen LogP contribution in [0.5, 0.6) is 0 Å². The molecule has 3 rings (SSSR count). The molecule has 1 fully saturated rings. The van der Waals surface area contributed by atoms with Crippen LogP contribution in [0.1, 0.15) is 33.1 Å². The van der Waals surface area contributed by atoms with Gasteiger partial charge in [0.15, 0.2) is 5.76 Å². The Morgan fingerprint density at radius 3 is 3.04 bits per heavy atom. The van der Waals surface area contributed by atoms with Gasteiger partial charge in [0.05, 0.1) is 12.0 Å². The van der Waals surface area contributed by atoms with E-state index in [9.17, 15) is 4.79 Å². The summed E-state index contributed by atoms with van der Waals surface area (Å²) >= 11 is 1.24. The molecule has 1 aliphatic rings. The van der Waals surface area contributed by atoms with Crippen LogP contribution in [0.25, 0.3) is 11.7 Å². The Hall–Kier alpha value is -1.76. The van der Waals surface area contributed by atoms with Crippen LogP contribution in [0, 0.1) is 11.8 Å². The molecule has 1 N–H and O–H groups in total. The molecule has 0 radical (unpaired) electrons. The average molecular weight is 335 g/mol. The lowest BCUT2D eigenvalue weighted by molar-refractivity contribution is -0.120. The third kappa shape index (κ3) is 3.96. The quantitative estimate of drug-likeness (QED) is 0.844. The van der Waals surface area contributed by atoms with Gasteiger partial charge < -0.3 is 14.2 Å². The zero-order valence-electron chi connectivity index (χ0n) is 13.3. The summed E-state index contributed by atoms with van der Waals surface area (Å²) in [4.78, 5) is 12.1. The minimum atomic E-state index is 0.0127. The fourth-order valence-electron chi connectivity index (χ4n) is 2.93. The standard InChI is InChI=1S/C16H21N3O3S/c1-10-5-3-6-12(11(10)2)17-14(20)9-23-16-19-18-15(22-16)13-7-4-8-21-13/h4,7-8,10-12H,3,5-6,9H2,1-2H3,(H,17,20)/t10-,11+,12+/m0/s1. The third-order valence-corrected chi connectivity index (χ3v) is 5.34. The Labute approximate surface area is 139 Å². The van der Waals surface area contributed by atoms with Crippen LogP contribution in [-0.2, 0) is 4.79 Å². The lowest BCUT2D eigenvalue weighted by Crippen LogP contribution is -2.44. The first-order valence-electron chi connectivity index (χ1n) is 7.93. The second-order valence-corrected chi connectivity index (χ2v) is 7.01. The molecule has 0 spiro atoms. The number of furan rings is 1. The van der Waals surface area contributed by atoms with Crippen molar-refractivity contribution in [2.24, 2.45) is 11.8 Å². The lowest BCUT2D eigenvalue weighted by atomic mass is 9.78. The van der Waals surface area contributed by atoms with E-state index in [1.807, 2.05) is 0 Å². The SMILES string of the molecule is C[C@@H]1[C@@H](C)CCC[C@H]1NC(=O)CSc1nnc(-c2ccco2)o1. The molecule has 0 saturated heterocycles. The fourth-order valence-corrected chi connectivity index (χ4v) is 3.50. The van der Waals surface area contributed by atoms with E-state index >= 15 is 0 Å². The van der Waals surface area contributed by atoms with E-state index in [1.54, 1.807) is 18.4 Å². The number of aromatic nitrogens is 2. The van der Waals surface area contributed by atoms with Crippen molar-refractivity contribution in [2.75, 3.05) is 5.75 Å². The van der Waals surface area contributed by atoms with Crippen LogP contribution in [0.4, 0.5) is 0 Å². The molecule has 1 aliphatic carbocycles. The van der Waals surface area contributed by atoms with Crippen molar-refractivity contribution < 1.29 is 13.6 Å². The first kappa shape index (κ1) is 16.1. The number of hydrogen-bond acceptors (Lipinski definition) is 6. The predicted octanol–water partition coefficient (Wildman–Crippen LogP) is 3.36. The van der Waals surface area contributed by atoms with Gasteiger partial charge in [-0.05, 0) is 30.4 Å². The second-order valence-electron chi connectivity index (χ2n) is 6.08. The summed E-state index contributed by atoms with van der Waals surface area (Å²) in [6.45, 7) is 4.47. The van der Waals surface area contributed by atoms with Gasteiger partial charge in [0.25, 0.3) is 11.1 Å². The highest BCUT2D eigenvalue weighted by Crippen LogP contribution is 2.29. The molecule has 0 unspecified atom stereocenters. The van der Waals surface area contributed by atoms with Crippen molar-refractivity contribution in [3.8, 4) is 11.7 Å². The maximum absolute atomic E-state index is 12.1. The monoisotopic (exact) mass is 335 g/mol. The summed E-state index contributed by atoms with van der Waals surface area (Å²) in [5.41, 5.74) is 0. The smallest absolute Gasteiger partial charge is 0.284 e. The third-order valence-electron chi connectivity index (χ3n) is 4.52. The Morgan fingerprint density at radius 2 is 2.26 bits per heavy atom. The van der Waals surface area contributed by atoms with Gasteiger partial charge in [-0.15, -0.1) is 10.2 Å². The van der Waals surface area contributed by atoms with E-state index in [0.29, 0.717) is 28.7 Å². The van der Waals surface area contributed by atoms with Gasteiger partial charge >= 0.3 is 0 Å². The van der Waals surface area contributed by atoms with Crippen LogP contribution >= 0.6 is 11.8 Å². The van der Waals surface area contributed by atoms with Crippen LogP contribution in [0.15, 0.2) is 32.5 Å². The van der Waals surface area contributed by atoms with Crippen molar-refractivity contribution in [1.82, 2.24) is 15.5 Å². The molecule has 7 heteroatoms. The molecule has 2 aromatic heterocycles. The fraction of sp³-hybridized carbons (Fsp3) is 0.562. The van der Waals surface area contributed by atoms with Crippen LogP contribution in [0.3, 0.4) is 0 Å². The highest BCUT2D eigenvalue weighted by molar-refractivity contribution is 7.99. The Balaban J connectivity index is 1.49. The number of rotatable bonds is 5. The summed E-state index contributed by atoms with van der Waals surface area (Å²) in [6.07, 6.45) is 5.04. The summed E-state index contributed by atoms with van der Waals surface area (Å²) in [7, 11) is 0. The zero-order chi connectivity index (χ0) is 16.2. The Kier molecular flexibility index (Phi) is 5.05. The van der Waals surface area contributed by atoms with Gasteiger partial charge in [0, 0.05) is 6.04 Å². The van der Waals surface area contributed by atoms with E-state index < -0.39 is 0 Å². The minimum Gasteiger partial charge on any atom is -0.459 e. The molecule has 2 aromatic rings. The summed E-state index contributed by atoms with van der Waals surface area (Å²) < 4.78 is 10.7. The second kappa shape index (κ2) is 7.21. The number of nitrogens with one attached hydrogen (secondary N) is 1. The molecule has 1 amide bonds. The molecule has 23 heavy (non-hydrogen) atoms. The van der Waals surface area contributed by atoms with Gasteiger partial charge in [-0.1, -0.05) is 38.5 Å². The summed E-state index contributed by atoms with van der Waals surface area (Å²) in [6, 6.07) is 3.78. The van der Waals surface area contributed by atoms with Crippen LogP contribution in [0.2, 0.25) is 0 Å².